The number of H-pyrrole nitrogens is 1. The molecule has 38 heavy (non-hydrogen) atoms. The first-order chi connectivity index (χ1) is 17.8. The third-order valence-corrected chi connectivity index (χ3v) is 7.65. The van der Waals surface area contributed by atoms with Crippen molar-refractivity contribution in [1.82, 2.24) is 10.3 Å². The lowest BCUT2D eigenvalue weighted by molar-refractivity contribution is -0.102. The Morgan fingerprint density at radius 1 is 1.08 bits per heavy atom. The van der Waals surface area contributed by atoms with Gasteiger partial charge in [-0.2, -0.15) is 0 Å². The Morgan fingerprint density at radius 3 is 2.21 bits per heavy atom. The summed E-state index contributed by atoms with van der Waals surface area (Å²) in [7, 11) is 0. The van der Waals surface area contributed by atoms with Crippen molar-refractivity contribution in [2.45, 2.75) is 115 Å². The van der Waals surface area contributed by atoms with Gasteiger partial charge >= 0.3 is 5.97 Å². The molecule has 0 aliphatic heterocycles. The van der Waals surface area contributed by atoms with Gasteiger partial charge in [0, 0.05) is 36.5 Å². The van der Waals surface area contributed by atoms with Crippen molar-refractivity contribution in [3.63, 3.8) is 0 Å². The minimum atomic E-state index is -2.57. The maximum absolute atomic E-state index is 13.1. The molecule has 0 amide bonds. The van der Waals surface area contributed by atoms with Crippen LogP contribution in [0.1, 0.15) is 114 Å². The molecule has 3 rings (SSSR count). The predicted molar refractivity (Wildman–Crippen MR) is 149 cm³/mol. The number of carbonyl (C=O) groups is 1. The average Bonchev–Trinajstić information content (AvgIpc) is 3.33. The van der Waals surface area contributed by atoms with Gasteiger partial charge in [0.05, 0.1) is 27.3 Å². The second-order valence-electron chi connectivity index (χ2n) is 11.1. The third kappa shape index (κ3) is 10.1. The Bertz CT molecular complexity index is 1010. The first kappa shape index (κ1) is 32.5. The van der Waals surface area contributed by atoms with E-state index in [0.29, 0.717) is 23.0 Å². The summed E-state index contributed by atoms with van der Waals surface area (Å²) in [4.78, 5) is 14.1. The van der Waals surface area contributed by atoms with Gasteiger partial charge in [0.1, 0.15) is 0 Å². The van der Waals surface area contributed by atoms with E-state index in [1.54, 1.807) is 26.1 Å². The van der Waals surface area contributed by atoms with E-state index in [-0.39, 0.29) is 36.3 Å². The number of aromatic amines is 1. The maximum Gasteiger partial charge on any atom is 0.337 e. The Labute approximate surface area is 230 Å². The smallest absolute Gasteiger partial charge is 0.337 e. The summed E-state index contributed by atoms with van der Waals surface area (Å²) < 4.78 is 26.1. The number of alkyl halides is 2. The number of carboxylic acid groups (broad SMARTS) is 1. The van der Waals surface area contributed by atoms with Crippen LogP contribution < -0.4 is 5.32 Å². The van der Waals surface area contributed by atoms with Gasteiger partial charge in [-0.25, -0.2) is 13.6 Å². The first-order valence-corrected chi connectivity index (χ1v) is 14.2. The predicted octanol–water partition coefficient (Wildman–Crippen LogP) is 7.40. The highest BCUT2D eigenvalue weighted by Gasteiger charge is 2.41. The van der Waals surface area contributed by atoms with Crippen molar-refractivity contribution in [1.29, 1.82) is 0 Å². The third-order valence-electron chi connectivity index (χ3n) is 7.24. The number of hydrogen-bond donors (Lipinski definition) is 5. The Morgan fingerprint density at radius 2 is 1.66 bits per heavy atom. The number of carboxylic acids is 1. The monoisotopic (exact) mass is 558 g/mol. The van der Waals surface area contributed by atoms with E-state index < -0.39 is 23.1 Å². The molecule has 5 N–H and O–H groups in total. The fourth-order valence-corrected chi connectivity index (χ4v) is 5.09. The van der Waals surface area contributed by atoms with Crippen molar-refractivity contribution in [2.24, 2.45) is 0 Å². The zero-order chi connectivity index (χ0) is 28.4. The molecule has 1 aromatic heterocycles. The zero-order valence-corrected chi connectivity index (χ0v) is 23.8. The molecule has 1 aliphatic rings. The molecule has 1 heterocycles. The van der Waals surface area contributed by atoms with Crippen LogP contribution in [0.3, 0.4) is 0 Å². The van der Waals surface area contributed by atoms with Gasteiger partial charge in [-0.3, -0.25) is 0 Å². The lowest BCUT2D eigenvalue weighted by atomic mass is 9.83. The minimum Gasteiger partial charge on any atom is -0.478 e. The number of rotatable bonds is 13. The summed E-state index contributed by atoms with van der Waals surface area (Å²) >= 11 is 6.02. The van der Waals surface area contributed by atoms with Crippen molar-refractivity contribution < 1.29 is 28.9 Å². The van der Waals surface area contributed by atoms with Gasteiger partial charge in [-0.1, -0.05) is 63.5 Å². The topological polar surface area (TPSA) is 106 Å². The molecule has 0 radical (unpaired) electrons. The second-order valence-corrected chi connectivity index (χ2v) is 11.5. The van der Waals surface area contributed by atoms with Gasteiger partial charge in [-0.15, -0.1) is 0 Å². The molecule has 0 unspecified atom stereocenters. The molecule has 2 aromatic rings. The normalized spacial score (nSPS) is 16.7. The van der Waals surface area contributed by atoms with Crippen LogP contribution in [0, 0.1) is 0 Å². The number of fused-ring (bicyclic) bond motifs is 1. The molecular formula is C29H45ClF2N2O4. The molecule has 1 saturated carbocycles. The number of benzene rings is 1. The van der Waals surface area contributed by atoms with Crippen LogP contribution >= 0.6 is 11.6 Å². The van der Waals surface area contributed by atoms with Gasteiger partial charge in [0.15, 0.2) is 0 Å². The number of aliphatic hydroxyl groups is 2. The highest BCUT2D eigenvalue weighted by Crippen LogP contribution is 2.38. The van der Waals surface area contributed by atoms with Gasteiger partial charge < -0.3 is 25.6 Å². The van der Waals surface area contributed by atoms with E-state index in [1.165, 1.54) is 51.0 Å². The summed E-state index contributed by atoms with van der Waals surface area (Å²) in [5.41, 5.74) is -0.887. The van der Waals surface area contributed by atoms with Crippen LogP contribution in [0.15, 0.2) is 18.3 Å². The molecule has 1 fully saturated rings. The number of nitrogens with one attached hydrogen (secondary N) is 2. The van der Waals surface area contributed by atoms with Crippen LogP contribution in [-0.4, -0.2) is 50.9 Å². The van der Waals surface area contributed by atoms with Gasteiger partial charge in [0.25, 0.3) is 0 Å². The number of aromatic carboxylic acids is 1. The summed E-state index contributed by atoms with van der Waals surface area (Å²) in [6, 6.07) is 3.10. The van der Waals surface area contributed by atoms with Crippen molar-refractivity contribution in [3.8, 4) is 0 Å². The summed E-state index contributed by atoms with van der Waals surface area (Å²) in [6.45, 7) is 6.77. The molecule has 0 saturated heterocycles. The molecule has 6 nitrogen and oxygen atoms in total. The quantitative estimate of drug-likeness (QED) is 0.165. The fourth-order valence-electron chi connectivity index (χ4n) is 4.80. The fraction of sp³-hybridized carbons (Fsp3) is 0.690. The van der Waals surface area contributed by atoms with Crippen molar-refractivity contribution >= 4 is 28.5 Å². The second kappa shape index (κ2) is 14.6. The van der Waals surface area contributed by atoms with Crippen LogP contribution in [0.2, 0.25) is 5.02 Å². The van der Waals surface area contributed by atoms with Crippen LogP contribution in [-0.2, 0) is 5.60 Å². The van der Waals surface area contributed by atoms with Crippen molar-refractivity contribution in [2.75, 3.05) is 13.1 Å². The summed E-state index contributed by atoms with van der Waals surface area (Å²) in [5.74, 6) is -3.67. The molecule has 1 aliphatic carbocycles. The van der Waals surface area contributed by atoms with Crippen LogP contribution in [0.25, 0.3) is 10.9 Å². The molecule has 0 spiro atoms. The minimum absolute atomic E-state index is 0.00380. The maximum atomic E-state index is 13.1. The molecule has 1 aromatic carbocycles. The Kier molecular flexibility index (Phi) is 12.5. The zero-order valence-electron chi connectivity index (χ0n) is 23.0. The van der Waals surface area contributed by atoms with Crippen LogP contribution in [0.5, 0.6) is 0 Å². The number of hydrogen-bond acceptors (Lipinski definition) is 4. The SMILES string of the molecule is CC(C)(O)c1cc(C(=O)O)c(Cl)c2cc[nH]c12.CCCCCCCCCCNCC1(O)CCC(F)(F)CC1. The van der Waals surface area contributed by atoms with E-state index in [0.717, 1.165) is 13.0 Å². The highest BCUT2D eigenvalue weighted by molar-refractivity contribution is 6.38. The lowest BCUT2D eigenvalue weighted by Crippen LogP contribution is -2.46. The molecule has 0 bridgehead atoms. The van der Waals surface area contributed by atoms with Crippen molar-refractivity contribution in [3.05, 3.63) is 34.5 Å². The molecule has 216 valence electrons. The molecular weight excluding hydrogens is 514 g/mol. The number of aromatic nitrogens is 1. The van der Waals surface area contributed by atoms with E-state index >= 15 is 0 Å². The molecule has 0 atom stereocenters. The average molecular weight is 559 g/mol. The highest BCUT2D eigenvalue weighted by atomic mass is 35.5. The number of halogens is 3. The van der Waals surface area contributed by atoms with E-state index in [9.17, 15) is 23.8 Å². The Balaban J connectivity index is 0.000000272. The van der Waals surface area contributed by atoms with E-state index in [2.05, 4.69) is 17.2 Å². The van der Waals surface area contributed by atoms with E-state index in [1.807, 2.05) is 0 Å². The first-order valence-electron chi connectivity index (χ1n) is 13.9. The van der Waals surface area contributed by atoms with Crippen LogP contribution in [0.4, 0.5) is 8.78 Å². The Hall–Kier alpha value is -1.74. The standard InChI is InChI=1S/C17H33F2NO.C12H12ClNO3/c1-2-3-4-5-6-7-8-9-14-20-15-16(21)10-12-17(18,19)13-11-16;1-12(2,17)8-5-7(11(15)16)9(13)6-3-4-14-10(6)8/h20-21H,2-15H2,1H3;3-5,14,17H,1-2H3,(H,15,16). The van der Waals surface area contributed by atoms with E-state index in [4.69, 9.17) is 16.7 Å². The number of unbranched alkanes of at least 4 members (excludes halogenated alkanes) is 7. The summed E-state index contributed by atoms with van der Waals surface area (Å²) in [6.07, 6.45) is 12.0. The largest absolute Gasteiger partial charge is 0.478 e. The van der Waals surface area contributed by atoms with Gasteiger partial charge in [0.2, 0.25) is 5.92 Å². The lowest BCUT2D eigenvalue weighted by Gasteiger charge is -2.36. The molecule has 9 heteroatoms. The van der Waals surface area contributed by atoms with Gasteiger partial charge in [-0.05, 0) is 51.8 Å². The summed E-state index contributed by atoms with van der Waals surface area (Å²) in [5, 5.41) is 33.4.